The van der Waals surface area contributed by atoms with Gasteiger partial charge in [-0.05, 0) is 51.0 Å². The van der Waals surface area contributed by atoms with Crippen LogP contribution in [0.3, 0.4) is 0 Å². The van der Waals surface area contributed by atoms with E-state index in [0.717, 1.165) is 11.1 Å². The Bertz CT molecular complexity index is 811. The first-order valence-corrected chi connectivity index (χ1v) is 9.42. The van der Waals surface area contributed by atoms with E-state index >= 15 is 0 Å². The summed E-state index contributed by atoms with van der Waals surface area (Å²) in [6.07, 6.45) is -0.529. The van der Waals surface area contributed by atoms with E-state index < -0.39 is 21.8 Å². The van der Waals surface area contributed by atoms with E-state index in [2.05, 4.69) is 9.71 Å². The fraction of sp³-hybridized carbons (Fsp3) is 0.300. The van der Waals surface area contributed by atoms with E-state index in [1.54, 1.807) is 25.1 Å². The van der Waals surface area contributed by atoms with Gasteiger partial charge < -0.3 is 4.74 Å². The fourth-order valence-corrected chi connectivity index (χ4v) is 2.64. The van der Waals surface area contributed by atoms with Crippen LogP contribution in [0.5, 0.6) is 0 Å². The molecule has 1 atom stereocenters. The highest BCUT2D eigenvalue weighted by molar-refractivity contribution is 7.85. The first-order valence-electron chi connectivity index (χ1n) is 8.31. The van der Waals surface area contributed by atoms with Crippen molar-refractivity contribution in [3.8, 4) is 0 Å². The van der Waals surface area contributed by atoms with Crippen molar-refractivity contribution in [2.45, 2.75) is 39.0 Å². The predicted molar refractivity (Wildman–Crippen MR) is 107 cm³/mol. The third-order valence-electron chi connectivity index (χ3n) is 3.48. The number of hydrogen-bond donors (Lipinski definition) is 1. The molecule has 6 heteroatoms. The van der Waals surface area contributed by atoms with Gasteiger partial charge in [0, 0.05) is 5.69 Å². The van der Waals surface area contributed by atoms with Gasteiger partial charge in [0.1, 0.15) is 17.6 Å². The Morgan fingerprint density at radius 1 is 1.12 bits per heavy atom. The second kappa shape index (κ2) is 8.76. The van der Waals surface area contributed by atoms with Gasteiger partial charge >= 0.3 is 6.09 Å². The molecule has 26 heavy (non-hydrogen) atoms. The minimum absolute atomic E-state index is 0.206. The quantitative estimate of drug-likeness (QED) is 0.773. The number of amides is 1. The van der Waals surface area contributed by atoms with Crippen LogP contribution in [0.1, 0.15) is 38.8 Å². The van der Waals surface area contributed by atoms with Crippen LogP contribution in [-0.4, -0.2) is 20.8 Å². The molecule has 0 aliphatic carbocycles. The number of benzene rings is 2. The number of hydrogen-bond acceptors (Lipinski definition) is 3. The molecule has 0 aliphatic rings. The average molecular weight is 372 g/mol. The van der Waals surface area contributed by atoms with E-state index in [9.17, 15) is 9.00 Å². The standard InChI is InChI=1S/C20H24N2O3S/c1-15(22-26(24)20(2,3)4)17-11-8-12-18(13-17)21-19(23)25-14-16-9-6-5-7-10-16/h5-13H,14H2,1-4H3,(H,21,23)/t26-/m1/s1. The highest BCUT2D eigenvalue weighted by atomic mass is 32.2. The lowest BCUT2D eigenvalue weighted by molar-refractivity contribution is 0.155. The summed E-state index contributed by atoms with van der Waals surface area (Å²) in [5.74, 6) is 0. The summed E-state index contributed by atoms with van der Waals surface area (Å²) in [5, 5.41) is 2.70. The SMILES string of the molecule is CC(=N[S@](=O)C(C)(C)C)c1cccc(NC(=O)OCc2ccccc2)c1. The molecule has 0 aliphatic heterocycles. The molecule has 2 aromatic carbocycles. The molecule has 0 aromatic heterocycles. The molecular formula is C20H24N2O3S. The van der Waals surface area contributed by atoms with Gasteiger partial charge in [-0.15, -0.1) is 0 Å². The number of carbonyl (C=O) groups is 1. The maximum atomic E-state index is 12.2. The molecule has 138 valence electrons. The van der Waals surface area contributed by atoms with Crippen molar-refractivity contribution < 1.29 is 13.7 Å². The van der Waals surface area contributed by atoms with E-state index in [-0.39, 0.29) is 6.61 Å². The smallest absolute Gasteiger partial charge is 0.411 e. The number of ether oxygens (including phenoxy) is 1. The Kier molecular flexibility index (Phi) is 6.69. The molecular weight excluding hydrogens is 348 g/mol. The van der Waals surface area contributed by atoms with Crippen LogP contribution in [0.2, 0.25) is 0 Å². The van der Waals surface area contributed by atoms with Crippen LogP contribution >= 0.6 is 0 Å². The van der Waals surface area contributed by atoms with E-state index in [1.165, 1.54) is 0 Å². The van der Waals surface area contributed by atoms with Crippen LogP contribution in [0.15, 0.2) is 59.0 Å². The second-order valence-electron chi connectivity index (χ2n) is 6.81. The van der Waals surface area contributed by atoms with Gasteiger partial charge in [0.05, 0.1) is 10.5 Å². The molecule has 0 saturated carbocycles. The highest BCUT2D eigenvalue weighted by Gasteiger charge is 2.19. The zero-order valence-corrected chi connectivity index (χ0v) is 16.3. The summed E-state index contributed by atoms with van der Waals surface area (Å²) in [6.45, 7) is 7.63. The van der Waals surface area contributed by atoms with Gasteiger partial charge in [-0.1, -0.05) is 42.5 Å². The maximum Gasteiger partial charge on any atom is 0.411 e. The number of rotatable bonds is 5. The van der Waals surface area contributed by atoms with Crippen molar-refractivity contribution in [2.24, 2.45) is 4.40 Å². The molecule has 1 amide bonds. The molecule has 0 fully saturated rings. The Labute approximate surface area is 157 Å². The summed E-state index contributed by atoms with van der Waals surface area (Å²) < 4.78 is 21.2. The Balaban J connectivity index is 2.01. The molecule has 0 saturated heterocycles. The van der Waals surface area contributed by atoms with Crippen LogP contribution in [0.25, 0.3) is 0 Å². The lowest BCUT2D eigenvalue weighted by Gasteiger charge is -2.14. The van der Waals surface area contributed by atoms with Crippen LogP contribution in [0, 0.1) is 0 Å². The van der Waals surface area contributed by atoms with Gasteiger partial charge in [-0.2, -0.15) is 4.40 Å². The molecule has 0 heterocycles. The normalized spacial score (nSPS) is 13.2. The zero-order chi connectivity index (χ0) is 19.2. The predicted octanol–water partition coefficient (Wildman–Crippen LogP) is 4.71. The number of carbonyl (C=O) groups excluding carboxylic acids is 1. The van der Waals surface area contributed by atoms with Crippen molar-refractivity contribution in [1.82, 2.24) is 0 Å². The Morgan fingerprint density at radius 2 is 1.81 bits per heavy atom. The van der Waals surface area contributed by atoms with Gasteiger partial charge in [0.25, 0.3) is 0 Å². The van der Waals surface area contributed by atoms with Crippen molar-refractivity contribution in [1.29, 1.82) is 0 Å². The molecule has 0 bridgehead atoms. The first-order chi connectivity index (χ1) is 12.3. The molecule has 1 N–H and O–H groups in total. The lowest BCUT2D eigenvalue weighted by atomic mass is 10.1. The number of nitrogens with zero attached hydrogens (tertiary/aromatic N) is 1. The van der Waals surface area contributed by atoms with Crippen molar-refractivity contribution in [3.05, 3.63) is 65.7 Å². The van der Waals surface area contributed by atoms with E-state index in [4.69, 9.17) is 4.74 Å². The van der Waals surface area contributed by atoms with Gasteiger partial charge in [-0.3, -0.25) is 5.32 Å². The third-order valence-corrected chi connectivity index (χ3v) is 4.97. The minimum atomic E-state index is -1.33. The molecule has 0 radical (unpaired) electrons. The Morgan fingerprint density at radius 3 is 2.46 bits per heavy atom. The van der Waals surface area contributed by atoms with Crippen molar-refractivity contribution >= 4 is 28.5 Å². The lowest BCUT2D eigenvalue weighted by Crippen LogP contribution is -2.20. The second-order valence-corrected chi connectivity index (χ2v) is 8.71. The van der Waals surface area contributed by atoms with Crippen LogP contribution in [-0.2, 0) is 22.3 Å². The average Bonchev–Trinajstić information content (AvgIpc) is 2.60. The molecule has 2 rings (SSSR count). The number of nitrogens with one attached hydrogen (secondary N) is 1. The van der Waals surface area contributed by atoms with Crippen molar-refractivity contribution in [3.63, 3.8) is 0 Å². The molecule has 5 nitrogen and oxygen atoms in total. The minimum Gasteiger partial charge on any atom is -0.444 e. The third kappa shape index (κ3) is 6.11. The van der Waals surface area contributed by atoms with E-state index in [1.807, 2.05) is 57.2 Å². The summed E-state index contributed by atoms with van der Waals surface area (Å²) in [6, 6.07) is 16.7. The Hall–Kier alpha value is -2.47. The van der Waals surface area contributed by atoms with Gasteiger partial charge in [0.15, 0.2) is 0 Å². The summed E-state index contributed by atoms with van der Waals surface area (Å²) in [4.78, 5) is 12.0. The maximum absolute atomic E-state index is 12.2. The van der Waals surface area contributed by atoms with Gasteiger partial charge in [0.2, 0.25) is 0 Å². The number of anilines is 1. The van der Waals surface area contributed by atoms with Crippen molar-refractivity contribution in [2.75, 3.05) is 5.32 Å². The monoisotopic (exact) mass is 372 g/mol. The summed E-state index contributed by atoms with van der Waals surface area (Å²) >= 11 is 0. The topological polar surface area (TPSA) is 67.8 Å². The van der Waals surface area contributed by atoms with E-state index in [0.29, 0.717) is 11.4 Å². The fourth-order valence-electron chi connectivity index (χ4n) is 2.01. The molecule has 0 spiro atoms. The van der Waals surface area contributed by atoms with Crippen LogP contribution < -0.4 is 5.32 Å². The summed E-state index contributed by atoms with van der Waals surface area (Å²) in [5.41, 5.74) is 2.96. The zero-order valence-electron chi connectivity index (χ0n) is 15.5. The molecule has 2 aromatic rings. The largest absolute Gasteiger partial charge is 0.444 e. The molecule has 0 unspecified atom stereocenters. The van der Waals surface area contributed by atoms with Crippen LogP contribution in [0.4, 0.5) is 10.5 Å². The summed E-state index contributed by atoms with van der Waals surface area (Å²) in [7, 11) is -1.33. The first kappa shape index (κ1) is 19.8. The van der Waals surface area contributed by atoms with Gasteiger partial charge in [-0.25, -0.2) is 9.00 Å². The highest BCUT2D eigenvalue weighted by Crippen LogP contribution is 2.16.